The second-order valence-electron chi connectivity index (χ2n) is 5.94. The van der Waals surface area contributed by atoms with Crippen LogP contribution in [-0.4, -0.2) is 43.8 Å². The van der Waals surface area contributed by atoms with Crippen LogP contribution in [0.5, 0.6) is 6.01 Å². The first-order valence-corrected chi connectivity index (χ1v) is 8.34. The van der Waals surface area contributed by atoms with Crippen LogP contribution in [-0.2, 0) is 6.42 Å². The molecule has 0 unspecified atom stereocenters. The molecule has 3 aromatic heterocycles. The summed E-state index contributed by atoms with van der Waals surface area (Å²) >= 11 is 0. The van der Waals surface area contributed by atoms with E-state index in [2.05, 4.69) is 31.9 Å². The van der Waals surface area contributed by atoms with Gasteiger partial charge in [-0.15, -0.1) is 0 Å². The van der Waals surface area contributed by atoms with Gasteiger partial charge in [0.2, 0.25) is 0 Å². The van der Waals surface area contributed by atoms with E-state index in [-0.39, 0.29) is 6.10 Å². The van der Waals surface area contributed by atoms with Crippen LogP contribution in [0.1, 0.15) is 25.3 Å². The molecule has 0 aromatic carbocycles. The lowest BCUT2D eigenvalue weighted by molar-refractivity contribution is 0.156. The smallest absolute Gasteiger partial charge is 0.316 e. The minimum atomic E-state index is 0.151. The van der Waals surface area contributed by atoms with Gasteiger partial charge in [0.05, 0.1) is 6.20 Å². The van der Waals surface area contributed by atoms with Crippen molar-refractivity contribution >= 4 is 11.3 Å². The molecule has 0 amide bonds. The summed E-state index contributed by atoms with van der Waals surface area (Å²) in [6, 6.07) is 2.47. The highest BCUT2D eigenvalue weighted by Gasteiger charge is 2.23. The maximum Gasteiger partial charge on any atom is 0.316 e. The third-order valence-electron chi connectivity index (χ3n) is 4.41. The third-order valence-corrected chi connectivity index (χ3v) is 4.41. The zero-order chi connectivity index (χ0) is 16.4. The minimum Gasteiger partial charge on any atom is -0.460 e. The maximum absolute atomic E-state index is 5.92. The molecule has 3 aromatic rings. The van der Waals surface area contributed by atoms with Crippen LogP contribution in [0.25, 0.3) is 5.52 Å². The molecule has 1 aliphatic rings. The van der Waals surface area contributed by atoms with E-state index in [0.717, 1.165) is 49.2 Å². The van der Waals surface area contributed by atoms with Gasteiger partial charge < -0.3 is 9.64 Å². The van der Waals surface area contributed by atoms with Gasteiger partial charge in [0.25, 0.3) is 0 Å². The Morgan fingerprint density at radius 1 is 1.12 bits per heavy atom. The Labute approximate surface area is 140 Å². The molecule has 1 fully saturated rings. The van der Waals surface area contributed by atoms with Gasteiger partial charge in [-0.05, 0) is 18.1 Å². The maximum atomic E-state index is 5.92. The van der Waals surface area contributed by atoms with Crippen molar-refractivity contribution < 1.29 is 4.74 Å². The van der Waals surface area contributed by atoms with Crippen LogP contribution in [0.3, 0.4) is 0 Å². The van der Waals surface area contributed by atoms with Crippen LogP contribution >= 0.6 is 0 Å². The van der Waals surface area contributed by atoms with Gasteiger partial charge in [0.1, 0.15) is 11.6 Å². The highest BCUT2D eigenvalue weighted by Crippen LogP contribution is 2.23. The molecule has 0 spiro atoms. The number of piperidine rings is 1. The average molecular weight is 324 g/mol. The van der Waals surface area contributed by atoms with Crippen molar-refractivity contribution in [2.45, 2.75) is 32.3 Å². The Balaban J connectivity index is 1.40. The molecular formula is C17H20N6O. The molecule has 1 saturated heterocycles. The number of hydrogen-bond donors (Lipinski definition) is 0. The second kappa shape index (κ2) is 6.43. The van der Waals surface area contributed by atoms with Crippen molar-refractivity contribution in [1.29, 1.82) is 0 Å². The van der Waals surface area contributed by atoms with Crippen molar-refractivity contribution in [1.82, 2.24) is 24.6 Å². The molecule has 7 nitrogen and oxygen atoms in total. The second-order valence-corrected chi connectivity index (χ2v) is 5.94. The summed E-state index contributed by atoms with van der Waals surface area (Å²) in [7, 11) is 0. The lowest BCUT2D eigenvalue weighted by atomic mass is 10.1. The number of fused-ring (bicyclic) bond motifs is 1. The van der Waals surface area contributed by atoms with Crippen LogP contribution in [0.15, 0.2) is 37.1 Å². The fourth-order valence-corrected chi connectivity index (χ4v) is 3.01. The van der Waals surface area contributed by atoms with Crippen LogP contribution < -0.4 is 9.64 Å². The molecule has 4 heterocycles. The molecule has 0 aliphatic carbocycles. The Hall–Kier alpha value is -2.70. The number of aryl methyl sites for hydroxylation is 1. The molecule has 24 heavy (non-hydrogen) atoms. The van der Waals surface area contributed by atoms with Gasteiger partial charge in [0.15, 0.2) is 5.82 Å². The summed E-state index contributed by atoms with van der Waals surface area (Å²) in [6.07, 6.45) is 12.1. The quantitative estimate of drug-likeness (QED) is 0.732. The standard InChI is InChI=1S/C17H20N6O/c1-2-13-11-19-17(20-12-13)24-14-4-8-22(9-5-14)16-15-3-6-21-23(15)10-7-18-16/h3,6-7,10-12,14H,2,4-5,8-9H2,1H3. The van der Waals surface area contributed by atoms with E-state index in [9.17, 15) is 0 Å². The highest BCUT2D eigenvalue weighted by atomic mass is 16.5. The summed E-state index contributed by atoms with van der Waals surface area (Å²) in [4.78, 5) is 15.4. The Morgan fingerprint density at radius 2 is 1.92 bits per heavy atom. The number of rotatable bonds is 4. The Morgan fingerprint density at radius 3 is 2.67 bits per heavy atom. The molecule has 0 radical (unpaired) electrons. The van der Waals surface area contributed by atoms with Gasteiger partial charge in [0, 0.05) is 50.7 Å². The molecule has 0 bridgehead atoms. The Bertz CT molecular complexity index is 807. The molecule has 7 heteroatoms. The summed E-state index contributed by atoms with van der Waals surface area (Å²) < 4.78 is 7.78. The van der Waals surface area contributed by atoms with E-state index in [4.69, 9.17) is 4.74 Å². The predicted octanol–water partition coefficient (Wildman–Crippen LogP) is 2.13. The number of ether oxygens (including phenoxy) is 1. The number of aromatic nitrogens is 5. The van der Waals surface area contributed by atoms with Crippen LogP contribution in [0.4, 0.5) is 5.82 Å². The molecule has 0 N–H and O–H groups in total. The first-order valence-electron chi connectivity index (χ1n) is 8.34. The van der Waals surface area contributed by atoms with Crippen molar-refractivity contribution in [3.05, 3.63) is 42.6 Å². The zero-order valence-corrected chi connectivity index (χ0v) is 13.7. The van der Waals surface area contributed by atoms with Gasteiger partial charge in [-0.1, -0.05) is 6.92 Å². The van der Waals surface area contributed by atoms with Gasteiger partial charge in [-0.25, -0.2) is 19.5 Å². The molecule has 0 saturated carbocycles. The topological polar surface area (TPSA) is 68.4 Å². The summed E-state index contributed by atoms with van der Waals surface area (Å²) in [5.74, 6) is 0.983. The largest absolute Gasteiger partial charge is 0.460 e. The third kappa shape index (κ3) is 2.89. The SMILES string of the molecule is CCc1cnc(OC2CCN(c3nccn4nccc34)CC2)nc1. The zero-order valence-electron chi connectivity index (χ0n) is 13.7. The van der Waals surface area contributed by atoms with Gasteiger partial charge >= 0.3 is 6.01 Å². The van der Waals surface area contributed by atoms with E-state index in [0.29, 0.717) is 6.01 Å². The fraction of sp³-hybridized carbons (Fsp3) is 0.412. The minimum absolute atomic E-state index is 0.151. The fourth-order valence-electron chi connectivity index (χ4n) is 3.01. The summed E-state index contributed by atoms with van der Waals surface area (Å²) in [6.45, 7) is 3.88. The average Bonchev–Trinajstić information content (AvgIpc) is 3.12. The molecule has 0 atom stereocenters. The number of anilines is 1. The number of nitrogens with zero attached hydrogens (tertiary/aromatic N) is 6. The van der Waals surface area contributed by atoms with E-state index in [1.54, 1.807) is 12.4 Å². The summed E-state index contributed by atoms with van der Waals surface area (Å²) in [5, 5.41) is 4.27. The lowest BCUT2D eigenvalue weighted by Crippen LogP contribution is -2.39. The lowest BCUT2D eigenvalue weighted by Gasteiger charge is -2.32. The van der Waals surface area contributed by atoms with Gasteiger partial charge in [-0.2, -0.15) is 5.10 Å². The first-order chi connectivity index (χ1) is 11.8. The van der Waals surface area contributed by atoms with Gasteiger partial charge in [-0.3, -0.25) is 0 Å². The highest BCUT2D eigenvalue weighted by molar-refractivity contribution is 5.68. The first kappa shape index (κ1) is 14.9. The van der Waals surface area contributed by atoms with E-state index >= 15 is 0 Å². The number of hydrogen-bond acceptors (Lipinski definition) is 6. The molecule has 4 rings (SSSR count). The molecule has 124 valence electrons. The van der Waals surface area contributed by atoms with E-state index in [1.165, 1.54) is 0 Å². The van der Waals surface area contributed by atoms with Crippen LogP contribution in [0, 0.1) is 0 Å². The van der Waals surface area contributed by atoms with E-state index in [1.807, 2.05) is 29.2 Å². The van der Waals surface area contributed by atoms with Crippen molar-refractivity contribution in [3.8, 4) is 6.01 Å². The summed E-state index contributed by atoms with van der Waals surface area (Å²) in [5.41, 5.74) is 2.16. The normalized spacial score (nSPS) is 15.8. The van der Waals surface area contributed by atoms with Crippen molar-refractivity contribution in [3.63, 3.8) is 0 Å². The monoisotopic (exact) mass is 324 g/mol. The predicted molar refractivity (Wildman–Crippen MR) is 90.3 cm³/mol. The molecule has 1 aliphatic heterocycles. The molecular weight excluding hydrogens is 304 g/mol. The van der Waals surface area contributed by atoms with Crippen molar-refractivity contribution in [2.24, 2.45) is 0 Å². The van der Waals surface area contributed by atoms with Crippen molar-refractivity contribution in [2.75, 3.05) is 18.0 Å². The van der Waals surface area contributed by atoms with E-state index < -0.39 is 0 Å². The Kier molecular flexibility index (Phi) is 3.98. The van der Waals surface area contributed by atoms with Crippen LogP contribution in [0.2, 0.25) is 0 Å².